The number of carbonyl (C=O) groups is 1. The van der Waals surface area contributed by atoms with Crippen LogP contribution in [0.4, 0.5) is 5.13 Å². The summed E-state index contributed by atoms with van der Waals surface area (Å²) in [4.78, 5) is 18.2. The molecule has 0 radical (unpaired) electrons. The van der Waals surface area contributed by atoms with Crippen molar-refractivity contribution in [2.75, 3.05) is 11.9 Å². The van der Waals surface area contributed by atoms with Gasteiger partial charge in [-0.05, 0) is 25.2 Å². The first-order valence-corrected chi connectivity index (χ1v) is 8.51. The molecule has 3 heterocycles. The van der Waals surface area contributed by atoms with Crippen molar-refractivity contribution >= 4 is 22.4 Å². The van der Waals surface area contributed by atoms with Crippen LogP contribution < -0.4 is 10.1 Å². The number of nitrogens with one attached hydrogen (secondary N) is 1. The Morgan fingerprint density at radius 2 is 2.45 bits per heavy atom. The second kappa shape index (κ2) is 5.39. The van der Waals surface area contributed by atoms with Crippen LogP contribution in [0.3, 0.4) is 0 Å². The molecule has 0 saturated carbocycles. The Balaban J connectivity index is 1.51. The normalized spacial score (nSPS) is 20.0. The lowest BCUT2D eigenvalue weighted by atomic mass is 9.93. The lowest BCUT2D eigenvalue weighted by Gasteiger charge is -2.15. The Morgan fingerprint density at radius 3 is 3.32 bits per heavy atom. The van der Waals surface area contributed by atoms with Gasteiger partial charge in [0.1, 0.15) is 0 Å². The fourth-order valence-electron chi connectivity index (χ4n) is 2.93. The molecule has 0 aromatic carbocycles. The van der Waals surface area contributed by atoms with Crippen molar-refractivity contribution < 1.29 is 9.53 Å². The Bertz CT molecular complexity index is 698. The number of ether oxygens (including phenoxy) is 1. The van der Waals surface area contributed by atoms with E-state index in [1.807, 2.05) is 0 Å². The van der Waals surface area contributed by atoms with Gasteiger partial charge in [0, 0.05) is 23.9 Å². The smallest absolute Gasteiger partial charge is 0.278 e. The van der Waals surface area contributed by atoms with Gasteiger partial charge in [-0.1, -0.05) is 6.92 Å². The highest BCUT2D eigenvalue weighted by Gasteiger charge is 2.22. The molecule has 1 aliphatic heterocycles. The SMILES string of the molecule is CC1CCc2nc(NC(=O)c3cc4n(n3)CCCO4)sc2C1. The quantitative estimate of drug-likeness (QED) is 0.923. The number of thiazole rings is 1. The topological polar surface area (TPSA) is 69.0 Å². The molecule has 4 rings (SSSR count). The average molecular weight is 318 g/mol. The molecule has 6 nitrogen and oxygen atoms in total. The monoisotopic (exact) mass is 318 g/mol. The second-order valence-electron chi connectivity index (χ2n) is 5.98. The highest BCUT2D eigenvalue weighted by atomic mass is 32.1. The molecule has 1 unspecified atom stereocenters. The number of anilines is 1. The molecule has 2 aromatic heterocycles. The number of amides is 1. The number of rotatable bonds is 2. The first-order chi connectivity index (χ1) is 10.7. The van der Waals surface area contributed by atoms with Gasteiger partial charge >= 0.3 is 0 Å². The third-order valence-electron chi connectivity index (χ3n) is 4.15. The van der Waals surface area contributed by atoms with E-state index in [4.69, 9.17) is 4.74 Å². The lowest BCUT2D eigenvalue weighted by Crippen LogP contribution is -2.16. The van der Waals surface area contributed by atoms with Gasteiger partial charge in [0.15, 0.2) is 10.8 Å². The fraction of sp³-hybridized carbons (Fsp3) is 0.533. The van der Waals surface area contributed by atoms with E-state index in [2.05, 4.69) is 22.3 Å². The summed E-state index contributed by atoms with van der Waals surface area (Å²) in [6, 6.07) is 1.70. The number of aryl methyl sites for hydroxylation is 2. The van der Waals surface area contributed by atoms with Crippen molar-refractivity contribution in [2.45, 2.75) is 39.2 Å². The van der Waals surface area contributed by atoms with E-state index in [0.717, 1.165) is 31.5 Å². The van der Waals surface area contributed by atoms with E-state index < -0.39 is 0 Å². The van der Waals surface area contributed by atoms with Gasteiger partial charge in [0.2, 0.25) is 5.88 Å². The third-order valence-corrected chi connectivity index (χ3v) is 5.18. The van der Waals surface area contributed by atoms with Crippen molar-refractivity contribution in [3.63, 3.8) is 0 Å². The number of aromatic nitrogens is 3. The van der Waals surface area contributed by atoms with Crippen LogP contribution in [0.15, 0.2) is 6.07 Å². The number of hydrogen-bond donors (Lipinski definition) is 1. The maximum absolute atomic E-state index is 12.3. The van der Waals surface area contributed by atoms with Gasteiger partial charge in [0.05, 0.1) is 12.3 Å². The fourth-order valence-corrected chi connectivity index (χ4v) is 4.10. The Morgan fingerprint density at radius 1 is 1.55 bits per heavy atom. The molecule has 22 heavy (non-hydrogen) atoms. The van der Waals surface area contributed by atoms with Gasteiger partial charge in [-0.25, -0.2) is 9.67 Å². The first-order valence-electron chi connectivity index (χ1n) is 7.69. The van der Waals surface area contributed by atoms with Crippen LogP contribution in [-0.4, -0.2) is 27.3 Å². The molecule has 0 spiro atoms. The molecule has 1 aliphatic carbocycles. The van der Waals surface area contributed by atoms with E-state index in [9.17, 15) is 4.79 Å². The molecule has 116 valence electrons. The minimum atomic E-state index is -0.218. The van der Waals surface area contributed by atoms with E-state index in [1.165, 1.54) is 11.3 Å². The summed E-state index contributed by atoms with van der Waals surface area (Å²) in [7, 11) is 0. The predicted molar refractivity (Wildman–Crippen MR) is 83.6 cm³/mol. The predicted octanol–water partition coefficient (Wildman–Crippen LogP) is 2.50. The van der Waals surface area contributed by atoms with Gasteiger partial charge < -0.3 is 4.74 Å². The summed E-state index contributed by atoms with van der Waals surface area (Å²) in [6.07, 6.45) is 4.17. The Kier molecular flexibility index (Phi) is 3.37. The summed E-state index contributed by atoms with van der Waals surface area (Å²) in [5.74, 6) is 1.15. The molecule has 0 fully saturated rings. The third kappa shape index (κ3) is 2.49. The van der Waals surface area contributed by atoms with Crippen LogP contribution in [0.5, 0.6) is 5.88 Å². The number of fused-ring (bicyclic) bond motifs is 2. The van der Waals surface area contributed by atoms with E-state index in [1.54, 1.807) is 22.1 Å². The minimum Gasteiger partial charge on any atom is -0.478 e. The van der Waals surface area contributed by atoms with Crippen LogP contribution in [0.2, 0.25) is 0 Å². The molecule has 1 atom stereocenters. The summed E-state index contributed by atoms with van der Waals surface area (Å²) in [6.45, 7) is 3.74. The Labute approximate surface area is 132 Å². The first kappa shape index (κ1) is 13.8. The van der Waals surface area contributed by atoms with Gasteiger partial charge in [-0.2, -0.15) is 5.10 Å². The summed E-state index contributed by atoms with van der Waals surface area (Å²) in [5.41, 5.74) is 1.53. The highest BCUT2D eigenvalue weighted by Crippen LogP contribution is 2.32. The maximum Gasteiger partial charge on any atom is 0.278 e. The van der Waals surface area contributed by atoms with Gasteiger partial charge in [-0.3, -0.25) is 10.1 Å². The van der Waals surface area contributed by atoms with Crippen molar-refractivity contribution in [3.05, 3.63) is 22.3 Å². The Hall–Kier alpha value is -1.89. The number of carbonyl (C=O) groups excluding carboxylic acids is 1. The minimum absolute atomic E-state index is 0.218. The van der Waals surface area contributed by atoms with Gasteiger partial charge in [0.25, 0.3) is 5.91 Å². The summed E-state index contributed by atoms with van der Waals surface area (Å²) >= 11 is 1.59. The summed E-state index contributed by atoms with van der Waals surface area (Å²) < 4.78 is 7.23. The molecule has 0 saturated heterocycles. The van der Waals surface area contributed by atoms with E-state index in [-0.39, 0.29) is 5.91 Å². The maximum atomic E-state index is 12.3. The average Bonchev–Trinajstić information content (AvgIpc) is 3.09. The zero-order valence-electron chi connectivity index (χ0n) is 12.5. The second-order valence-corrected chi connectivity index (χ2v) is 7.07. The molecule has 1 N–H and O–H groups in total. The van der Waals surface area contributed by atoms with Crippen molar-refractivity contribution in [3.8, 4) is 5.88 Å². The van der Waals surface area contributed by atoms with Gasteiger partial charge in [-0.15, -0.1) is 11.3 Å². The van der Waals surface area contributed by atoms with Crippen LogP contribution in [0.25, 0.3) is 0 Å². The molecule has 2 aliphatic rings. The zero-order chi connectivity index (χ0) is 15.1. The van der Waals surface area contributed by atoms with Crippen LogP contribution >= 0.6 is 11.3 Å². The largest absolute Gasteiger partial charge is 0.478 e. The van der Waals surface area contributed by atoms with Crippen LogP contribution in [-0.2, 0) is 19.4 Å². The van der Waals surface area contributed by atoms with Crippen molar-refractivity contribution in [1.82, 2.24) is 14.8 Å². The van der Waals surface area contributed by atoms with E-state index in [0.29, 0.717) is 29.2 Å². The zero-order valence-corrected chi connectivity index (χ0v) is 13.3. The van der Waals surface area contributed by atoms with Crippen molar-refractivity contribution in [2.24, 2.45) is 5.92 Å². The number of hydrogen-bond acceptors (Lipinski definition) is 5. The molecule has 2 aromatic rings. The molecular weight excluding hydrogens is 300 g/mol. The molecular formula is C15H18N4O2S. The highest BCUT2D eigenvalue weighted by molar-refractivity contribution is 7.15. The molecule has 0 bridgehead atoms. The summed E-state index contributed by atoms with van der Waals surface area (Å²) in [5, 5.41) is 7.85. The van der Waals surface area contributed by atoms with Crippen LogP contribution in [0, 0.1) is 5.92 Å². The van der Waals surface area contributed by atoms with E-state index >= 15 is 0 Å². The van der Waals surface area contributed by atoms with Crippen molar-refractivity contribution in [1.29, 1.82) is 0 Å². The number of nitrogens with zero attached hydrogens (tertiary/aromatic N) is 3. The molecule has 1 amide bonds. The van der Waals surface area contributed by atoms with Crippen LogP contribution in [0.1, 0.15) is 40.8 Å². The molecule has 7 heteroatoms. The lowest BCUT2D eigenvalue weighted by molar-refractivity contribution is 0.102. The standard InChI is InChI=1S/C15H18N4O2S/c1-9-3-4-10-12(7-9)22-15(16-10)17-14(20)11-8-13-19(18-11)5-2-6-21-13/h8-9H,2-7H2,1H3,(H,16,17,20).